The highest BCUT2D eigenvalue weighted by molar-refractivity contribution is 8.00. The number of hydrogen-bond acceptors (Lipinski definition) is 4. The van der Waals surface area contributed by atoms with E-state index in [0.717, 1.165) is 5.75 Å². The summed E-state index contributed by atoms with van der Waals surface area (Å²) in [5, 5.41) is 0.147. The molecule has 0 amide bonds. The summed E-state index contributed by atoms with van der Waals surface area (Å²) in [6.07, 6.45) is -0.0930. The Hall–Kier alpha value is -1.89. The molecule has 0 aromatic heterocycles. The Morgan fingerprint density at radius 2 is 1.17 bits per heavy atom. The van der Waals surface area contributed by atoms with E-state index in [-0.39, 0.29) is 22.7 Å². The quantitative estimate of drug-likeness (QED) is 0.142. The van der Waals surface area contributed by atoms with Gasteiger partial charge in [-0.1, -0.05) is 112 Å². The van der Waals surface area contributed by atoms with Crippen molar-refractivity contribution < 1.29 is 13.9 Å². The van der Waals surface area contributed by atoms with Gasteiger partial charge in [0.1, 0.15) is 6.79 Å². The van der Waals surface area contributed by atoms with Gasteiger partial charge in [-0.2, -0.15) is 0 Å². The molecule has 0 spiro atoms. The maximum atomic E-state index is 6.58. The summed E-state index contributed by atoms with van der Waals surface area (Å²) in [6.45, 7) is 12.2. The number of hydrogen-bond donors (Lipinski definition) is 0. The van der Waals surface area contributed by atoms with Gasteiger partial charge in [-0.25, -0.2) is 0 Å². The van der Waals surface area contributed by atoms with Crippen molar-refractivity contribution in [1.82, 2.24) is 0 Å². The van der Waals surface area contributed by atoms with Crippen LogP contribution in [0.25, 0.3) is 0 Å². The van der Waals surface area contributed by atoms with Crippen molar-refractivity contribution in [3.63, 3.8) is 0 Å². The highest BCUT2D eigenvalue weighted by atomic mass is 32.2. The molecule has 3 nitrogen and oxygen atoms in total. The van der Waals surface area contributed by atoms with Gasteiger partial charge in [0.2, 0.25) is 0 Å². The first-order chi connectivity index (χ1) is 16.7. The molecule has 1 atom stereocenters. The van der Waals surface area contributed by atoms with Crippen LogP contribution in [0.3, 0.4) is 0 Å². The molecule has 0 N–H and O–H groups in total. The van der Waals surface area contributed by atoms with Crippen molar-refractivity contribution in [3.05, 3.63) is 108 Å². The predicted molar refractivity (Wildman–Crippen MR) is 152 cm³/mol. The lowest BCUT2D eigenvalue weighted by atomic mass is 9.84. The summed E-state index contributed by atoms with van der Waals surface area (Å²) < 4.78 is 17.6. The third-order valence-corrected chi connectivity index (χ3v) is 13.1. The van der Waals surface area contributed by atoms with Crippen LogP contribution in [0, 0.1) is 0 Å². The average molecular weight is 509 g/mol. The first-order valence-electron chi connectivity index (χ1n) is 12.3. The van der Waals surface area contributed by atoms with Crippen LogP contribution in [-0.2, 0) is 18.6 Å². The SMILES string of the molecule is COCO[C@@H](CO[Si](C)(C)C(C)(C)C)CSC(c1ccccc1)(c1ccccc1)c1ccccc1. The summed E-state index contributed by atoms with van der Waals surface area (Å²) >= 11 is 1.90. The van der Waals surface area contributed by atoms with Crippen LogP contribution in [0.4, 0.5) is 0 Å². The zero-order valence-corrected chi connectivity index (χ0v) is 23.8. The minimum absolute atomic E-state index is 0.0930. The average Bonchev–Trinajstić information content (AvgIpc) is 2.87. The molecule has 0 heterocycles. The van der Waals surface area contributed by atoms with Gasteiger partial charge in [-0.3, -0.25) is 0 Å². The molecule has 0 unspecified atom stereocenters. The van der Waals surface area contributed by atoms with Crippen LogP contribution in [0.5, 0.6) is 0 Å². The Morgan fingerprint density at radius 1 is 0.743 bits per heavy atom. The Labute approximate surface area is 217 Å². The van der Waals surface area contributed by atoms with E-state index < -0.39 is 8.32 Å². The highest BCUT2D eigenvalue weighted by Crippen LogP contribution is 2.48. The standard InChI is InChI=1S/C30H40O3SSi/c1-29(2,3)35(5,6)33-22-28(32-24-31-4)23-34-30(25-16-10-7-11-17-25,26-18-12-8-13-19-26)27-20-14-9-15-21-27/h7-21,28H,22-24H2,1-6H3/t28-/m0/s1. The van der Waals surface area contributed by atoms with E-state index >= 15 is 0 Å². The molecule has 0 radical (unpaired) electrons. The topological polar surface area (TPSA) is 27.7 Å². The van der Waals surface area contributed by atoms with Crippen molar-refractivity contribution in [2.45, 2.75) is 49.8 Å². The second-order valence-electron chi connectivity index (χ2n) is 10.4. The van der Waals surface area contributed by atoms with Gasteiger partial charge in [0.15, 0.2) is 8.32 Å². The van der Waals surface area contributed by atoms with Gasteiger partial charge in [0.05, 0.1) is 17.5 Å². The molecular weight excluding hydrogens is 468 g/mol. The number of rotatable bonds is 12. The number of ether oxygens (including phenoxy) is 2. The molecule has 0 fully saturated rings. The Morgan fingerprint density at radius 3 is 1.54 bits per heavy atom. The second kappa shape index (κ2) is 12.4. The van der Waals surface area contributed by atoms with E-state index in [1.165, 1.54) is 16.7 Å². The van der Waals surface area contributed by atoms with Crippen molar-refractivity contribution in [2.75, 3.05) is 26.3 Å². The van der Waals surface area contributed by atoms with E-state index in [1.54, 1.807) is 7.11 Å². The molecule has 3 aromatic rings. The first-order valence-corrected chi connectivity index (χ1v) is 16.1. The van der Waals surface area contributed by atoms with E-state index in [4.69, 9.17) is 13.9 Å². The van der Waals surface area contributed by atoms with Crippen LogP contribution in [0.2, 0.25) is 18.1 Å². The van der Waals surface area contributed by atoms with Gasteiger partial charge in [0.25, 0.3) is 0 Å². The van der Waals surface area contributed by atoms with E-state index in [1.807, 2.05) is 11.8 Å². The molecule has 35 heavy (non-hydrogen) atoms. The van der Waals surface area contributed by atoms with Crippen molar-refractivity contribution in [1.29, 1.82) is 0 Å². The lowest BCUT2D eigenvalue weighted by molar-refractivity contribution is -0.0763. The van der Waals surface area contributed by atoms with Gasteiger partial charge in [0, 0.05) is 12.9 Å². The first kappa shape index (κ1) is 27.7. The maximum absolute atomic E-state index is 6.58. The predicted octanol–water partition coefficient (Wildman–Crippen LogP) is 7.72. The fourth-order valence-electron chi connectivity index (χ4n) is 3.81. The monoisotopic (exact) mass is 508 g/mol. The van der Waals surface area contributed by atoms with Crippen LogP contribution in [-0.4, -0.2) is 40.7 Å². The fraction of sp³-hybridized carbons (Fsp3) is 0.400. The van der Waals surface area contributed by atoms with Gasteiger partial charge in [-0.15, -0.1) is 11.8 Å². The number of benzene rings is 3. The normalized spacial score (nSPS) is 13.5. The summed E-state index contributed by atoms with van der Waals surface area (Å²) in [6, 6.07) is 32.3. The van der Waals surface area contributed by atoms with Crippen LogP contribution < -0.4 is 0 Å². The van der Waals surface area contributed by atoms with Gasteiger partial charge >= 0.3 is 0 Å². The Bertz CT molecular complexity index is 907. The molecule has 0 aliphatic carbocycles. The van der Waals surface area contributed by atoms with Crippen molar-refractivity contribution >= 4 is 20.1 Å². The molecule has 3 aromatic carbocycles. The van der Waals surface area contributed by atoms with E-state index in [9.17, 15) is 0 Å². The lowest BCUT2D eigenvalue weighted by Gasteiger charge is -2.38. The molecule has 0 saturated heterocycles. The molecule has 5 heteroatoms. The minimum atomic E-state index is -1.90. The maximum Gasteiger partial charge on any atom is 0.192 e. The third-order valence-electron chi connectivity index (χ3n) is 6.88. The molecule has 0 aliphatic rings. The Balaban J connectivity index is 1.99. The lowest BCUT2D eigenvalue weighted by Crippen LogP contribution is -2.43. The van der Waals surface area contributed by atoms with Crippen molar-refractivity contribution in [3.8, 4) is 0 Å². The summed E-state index contributed by atoms with van der Waals surface area (Å²) in [4.78, 5) is 0. The second-order valence-corrected chi connectivity index (χ2v) is 16.4. The van der Waals surface area contributed by atoms with Crippen LogP contribution in [0.1, 0.15) is 37.5 Å². The van der Waals surface area contributed by atoms with Crippen LogP contribution in [0.15, 0.2) is 91.0 Å². The largest absolute Gasteiger partial charge is 0.414 e. The van der Waals surface area contributed by atoms with Crippen LogP contribution >= 0.6 is 11.8 Å². The van der Waals surface area contributed by atoms with Gasteiger partial charge in [-0.05, 0) is 34.8 Å². The third kappa shape index (κ3) is 6.87. The van der Waals surface area contributed by atoms with E-state index in [0.29, 0.717) is 6.61 Å². The van der Waals surface area contributed by atoms with Gasteiger partial charge < -0.3 is 13.9 Å². The fourth-order valence-corrected chi connectivity index (χ4v) is 6.39. The molecule has 188 valence electrons. The van der Waals surface area contributed by atoms with Crippen molar-refractivity contribution in [2.24, 2.45) is 0 Å². The molecule has 0 bridgehead atoms. The number of thioether (sulfide) groups is 1. The zero-order valence-electron chi connectivity index (χ0n) is 22.0. The molecule has 0 aliphatic heterocycles. The zero-order chi connectivity index (χ0) is 25.4. The summed E-state index contributed by atoms with van der Waals surface area (Å²) in [7, 11) is -0.236. The minimum Gasteiger partial charge on any atom is -0.414 e. The molecule has 0 saturated carbocycles. The molecule has 3 rings (SSSR count). The Kier molecular flexibility index (Phi) is 9.79. The summed E-state index contributed by atoms with van der Waals surface area (Å²) in [5.74, 6) is 0.761. The number of methoxy groups -OCH3 is 1. The smallest absolute Gasteiger partial charge is 0.192 e. The van der Waals surface area contributed by atoms with E-state index in [2.05, 4.69) is 125 Å². The summed E-state index contributed by atoms with van der Waals surface area (Å²) in [5.41, 5.74) is 3.75. The highest BCUT2D eigenvalue weighted by Gasteiger charge is 2.40. The molecular formula is C30H40O3SSi.